The number of carboxylic acid groups (broad SMARTS) is 1. The summed E-state index contributed by atoms with van der Waals surface area (Å²) in [6, 6.07) is 12.5. The molecule has 6 nitrogen and oxygen atoms in total. The first-order chi connectivity index (χ1) is 12.4. The predicted octanol–water partition coefficient (Wildman–Crippen LogP) is 3.15. The minimum Gasteiger partial charge on any atom is -0.493 e. The van der Waals surface area contributed by atoms with Gasteiger partial charge < -0.3 is 19.9 Å². The second kappa shape index (κ2) is 8.89. The number of hydrogen-bond donors (Lipinski definition) is 2. The van der Waals surface area contributed by atoms with E-state index in [-0.39, 0.29) is 18.2 Å². The maximum Gasteiger partial charge on any atom is 0.307 e. The Labute approximate surface area is 152 Å². The summed E-state index contributed by atoms with van der Waals surface area (Å²) in [5.41, 5.74) is 2.05. The molecule has 138 valence electrons. The fraction of sp³-hybridized carbons (Fsp3) is 0.300. The second-order valence-electron chi connectivity index (χ2n) is 6.01. The van der Waals surface area contributed by atoms with Crippen LogP contribution in [0.3, 0.4) is 0 Å². The van der Waals surface area contributed by atoms with Crippen molar-refractivity contribution >= 4 is 17.6 Å². The van der Waals surface area contributed by atoms with Crippen LogP contribution in [0.4, 0.5) is 5.69 Å². The molecule has 0 fully saturated rings. The van der Waals surface area contributed by atoms with Gasteiger partial charge in [0.05, 0.1) is 20.6 Å². The minimum absolute atomic E-state index is 0.138. The number of hydrogen-bond acceptors (Lipinski definition) is 4. The number of benzene rings is 2. The number of carbonyl (C=O) groups is 2. The number of methoxy groups -OCH3 is 2. The van der Waals surface area contributed by atoms with Crippen LogP contribution in [0.15, 0.2) is 42.5 Å². The van der Waals surface area contributed by atoms with Crippen molar-refractivity contribution in [1.82, 2.24) is 0 Å². The molecular formula is C20H23NO5. The molecule has 2 N–H and O–H groups in total. The summed E-state index contributed by atoms with van der Waals surface area (Å²) in [5.74, 6) is -0.158. The van der Waals surface area contributed by atoms with Crippen molar-refractivity contribution in [1.29, 1.82) is 0 Å². The lowest BCUT2D eigenvalue weighted by Crippen LogP contribution is -2.23. The van der Waals surface area contributed by atoms with Gasteiger partial charge in [-0.2, -0.15) is 0 Å². The number of ether oxygens (including phenoxy) is 2. The average molecular weight is 357 g/mol. The first kappa shape index (κ1) is 19.3. The molecule has 2 rings (SSSR count). The van der Waals surface area contributed by atoms with E-state index in [0.717, 1.165) is 5.56 Å². The lowest BCUT2D eigenvalue weighted by atomic mass is 9.99. The molecule has 26 heavy (non-hydrogen) atoms. The van der Waals surface area contributed by atoms with E-state index in [1.165, 1.54) is 0 Å². The van der Waals surface area contributed by atoms with E-state index >= 15 is 0 Å². The van der Waals surface area contributed by atoms with Gasteiger partial charge in [-0.1, -0.05) is 31.2 Å². The van der Waals surface area contributed by atoms with Crippen LogP contribution in [0.2, 0.25) is 0 Å². The summed E-state index contributed by atoms with van der Waals surface area (Å²) in [6.45, 7) is 1.83. The van der Waals surface area contributed by atoms with Gasteiger partial charge >= 0.3 is 5.97 Å². The van der Waals surface area contributed by atoms with Crippen LogP contribution in [0.1, 0.15) is 18.1 Å². The molecule has 0 bridgehead atoms. The highest BCUT2D eigenvalue weighted by Crippen LogP contribution is 2.28. The SMILES string of the molecule is COc1ccc(CC(C)C(=O)Nc2ccccc2CC(=O)O)cc1OC. The number of para-hydroxylation sites is 1. The predicted molar refractivity (Wildman–Crippen MR) is 98.8 cm³/mol. The molecule has 0 saturated heterocycles. The third kappa shape index (κ3) is 4.99. The third-order valence-electron chi connectivity index (χ3n) is 4.05. The first-order valence-corrected chi connectivity index (χ1v) is 8.26. The Bertz CT molecular complexity index is 788. The number of rotatable bonds is 8. The molecular weight excluding hydrogens is 334 g/mol. The molecule has 1 amide bonds. The summed E-state index contributed by atoms with van der Waals surface area (Å²) in [6.07, 6.45) is 0.383. The molecule has 0 spiro atoms. The van der Waals surface area contributed by atoms with Gasteiger partial charge in [0.15, 0.2) is 11.5 Å². The molecule has 1 unspecified atom stereocenters. The lowest BCUT2D eigenvalue weighted by Gasteiger charge is -2.15. The summed E-state index contributed by atoms with van der Waals surface area (Å²) < 4.78 is 10.5. The zero-order chi connectivity index (χ0) is 19.1. The summed E-state index contributed by atoms with van der Waals surface area (Å²) in [4.78, 5) is 23.5. The Morgan fingerprint density at radius 1 is 1.08 bits per heavy atom. The summed E-state index contributed by atoms with van der Waals surface area (Å²) in [7, 11) is 3.14. The lowest BCUT2D eigenvalue weighted by molar-refractivity contribution is -0.136. The molecule has 0 saturated carbocycles. The summed E-state index contributed by atoms with van der Waals surface area (Å²) >= 11 is 0. The van der Waals surface area contributed by atoms with E-state index in [9.17, 15) is 9.59 Å². The van der Waals surface area contributed by atoms with Crippen molar-refractivity contribution in [2.45, 2.75) is 19.8 Å². The highest BCUT2D eigenvalue weighted by molar-refractivity contribution is 5.93. The molecule has 6 heteroatoms. The van der Waals surface area contributed by atoms with Crippen LogP contribution in [-0.4, -0.2) is 31.2 Å². The van der Waals surface area contributed by atoms with E-state index in [1.807, 2.05) is 19.1 Å². The van der Waals surface area contributed by atoms with Crippen LogP contribution in [-0.2, 0) is 22.4 Å². The topological polar surface area (TPSA) is 84.9 Å². The van der Waals surface area contributed by atoms with E-state index < -0.39 is 5.97 Å². The standard InChI is InChI=1S/C20H23NO5/c1-13(10-14-8-9-17(25-2)18(11-14)26-3)20(24)21-16-7-5-4-6-15(16)12-19(22)23/h4-9,11,13H,10,12H2,1-3H3,(H,21,24)(H,22,23). The zero-order valence-electron chi connectivity index (χ0n) is 15.1. The van der Waals surface area contributed by atoms with Crippen LogP contribution < -0.4 is 14.8 Å². The Kier molecular flexibility index (Phi) is 6.60. The normalized spacial score (nSPS) is 11.5. The van der Waals surface area contributed by atoms with E-state index in [1.54, 1.807) is 44.6 Å². The fourth-order valence-corrected chi connectivity index (χ4v) is 2.67. The summed E-state index contributed by atoms with van der Waals surface area (Å²) in [5, 5.41) is 11.8. The van der Waals surface area contributed by atoms with Crippen molar-refractivity contribution in [2.75, 3.05) is 19.5 Å². The number of aliphatic carboxylic acids is 1. The fourth-order valence-electron chi connectivity index (χ4n) is 2.67. The number of carbonyl (C=O) groups excluding carboxylic acids is 1. The largest absolute Gasteiger partial charge is 0.493 e. The molecule has 1 atom stereocenters. The maximum atomic E-state index is 12.5. The third-order valence-corrected chi connectivity index (χ3v) is 4.05. The molecule has 0 aliphatic heterocycles. The highest BCUT2D eigenvalue weighted by atomic mass is 16.5. The van der Waals surface area contributed by atoms with Gasteiger partial charge in [0.25, 0.3) is 0 Å². The minimum atomic E-state index is -0.940. The van der Waals surface area contributed by atoms with Gasteiger partial charge in [0, 0.05) is 11.6 Å². The Morgan fingerprint density at radius 2 is 1.77 bits per heavy atom. The highest BCUT2D eigenvalue weighted by Gasteiger charge is 2.17. The van der Waals surface area contributed by atoms with Crippen molar-refractivity contribution in [3.8, 4) is 11.5 Å². The molecule has 0 radical (unpaired) electrons. The first-order valence-electron chi connectivity index (χ1n) is 8.26. The monoisotopic (exact) mass is 357 g/mol. The molecule has 2 aromatic carbocycles. The quantitative estimate of drug-likeness (QED) is 0.758. The Balaban J connectivity index is 2.08. The molecule has 0 aliphatic rings. The van der Waals surface area contributed by atoms with Gasteiger partial charge in [-0.15, -0.1) is 0 Å². The number of nitrogens with one attached hydrogen (secondary N) is 1. The van der Waals surface area contributed by atoms with E-state index in [2.05, 4.69) is 5.32 Å². The van der Waals surface area contributed by atoms with Crippen LogP contribution in [0.25, 0.3) is 0 Å². The van der Waals surface area contributed by atoms with Crippen molar-refractivity contribution in [3.63, 3.8) is 0 Å². The van der Waals surface area contributed by atoms with Gasteiger partial charge in [-0.25, -0.2) is 0 Å². The average Bonchev–Trinajstić information content (AvgIpc) is 2.62. The van der Waals surface area contributed by atoms with Crippen molar-refractivity contribution < 1.29 is 24.2 Å². The molecule has 0 aromatic heterocycles. The van der Waals surface area contributed by atoms with E-state index in [0.29, 0.717) is 29.2 Å². The van der Waals surface area contributed by atoms with Gasteiger partial charge in [-0.3, -0.25) is 9.59 Å². The van der Waals surface area contributed by atoms with Crippen molar-refractivity contribution in [2.24, 2.45) is 5.92 Å². The van der Waals surface area contributed by atoms with Gasteiger partial charge in [0.1, 0.15) is 0 Å². The number of carboxylic acids is 1. The van der Waals surface area contributed by atoms with Crippen LogP contribution in [0, 0.1) is 5.92 Å². The maximum absolute atomic E-state index is 12.5. The smallest absolute Gasteiger partial charge is 0.307 e. The van der Waals surface area contributed by atoms with Crippen molar-refractivity contribution in [3.05, 3.63) is 53.6 Å². The van der Waals surface area contributed by atoms with Gasteiger partial charge in [-0.05, 0) is 35.7 Å². The van der Waals surface area contributed by atoms with Gasteiger partial charge in [0.2, 0.25) is 5.91 Å². The molecule has 2 aromatic rings. The second-order valence-corrected chi connectivity index (χ2v) is 6.01. The van der Waals surface area contributed by atoms with E-state index in [4.69, 9.17) is 14.6 Å². The number of amides is 1. The zero-order valence-corrected chi connectivity index (χ0v) is 15.1. The number of anilines is 1. The Hall–Kier alpha value is -3.02. The molecule has 0 aliphatic carbocycles. The van der Waals surface area contributed by atoms with Crippen LogP contribution in [0.5, 0.6) is 11.5 Å². The molecule has 0 heterocycles. The van der Waals surface area contributed by atoms with Crippen LogP contribution >= 0.6 is 0 Å². The Morgan fingerprint density at radius 3 is 2.42 bits per heavy atom.